The Labute approximate surface area is 167 Å². The number of pyridine rings is 1. The molecule has 2 heterocycles. The Morgan fingerprint density at radius 2 is 1.72 bits per heavy atom. The molecule has 0 aliphatic rings. The van der Waals surface area contributed by atoms with E-state index in [9.17, 15) is 4.79 Å². The van der Waals surface area contributed by atoms with E-state index in [2.05, 4.69) is 20.4 Å². The maximum Gasteiger partial charge on any atom is 0.411 e. The van der Waals surface area contributed by atoms with Crippen LogP contribution in [0.5, 0.6) is 0 Å². The van der Waals surface area contributed by atoms with Gasteiger partial charge in [-0.3, -0.25) is 10.3 Å². The van der Waals surface area contributed by atoms with E-state index >= 15 is 0 Å². The van der Waals surface area contributed by atoms with Crippen LogP contribution < -0.4 is 5.32 Å². The third kappa shape index (κ3) is 4.84. The first-order valence-electron chi connectivity index (χ1n) is 9.06. The maximum atomic E-state index is 12.2. The standard InChI is InChI=1S/C22H18N4O3/c27-22(28-15-16-6-2-1-3-7-16)24-19-9-5-4-8-18(19)14-20-25-21(26-29-20)17-10-12-23-13-11-17/h1-13H,14-15H2,(H,24,27). The van der Waals surface area contributed by atoms with Gasteiger partial charge in [0.2, 0.25) is 11.7 Å². The van der Waals surface area contributed by atoms with Crippen LogP contribution in [0.2, 0.25) is 0 Å². The molecule has 7 heteroatoms. The highest BCUT2D eigenvalue weighted by Gasteiger charge is 2.13. The summed E-state index contributed by atoms with van der Waals surface area (Å²) in [4.78, 5) is 20.6. The van der Waals surface area contributed by atoms with Crippen molar-refractivity contribution in [2.75, 3.05) is 5.32 Å². The van der Waals surface area contributed by atoms with E-state index in [0.717, 1.165) is 16.7 Å². The number of para-hydroxylation sites is 1. The van der Waals surface area contributed by atoms with Gasteiger partial charge in [-0.25, -0.2) is 4.79 Å². The fraction of sp³-hybridized carbons (Fsp3) is 0.0909. The van der Waals surface area contributed by atoms with Crippen molar-refractivity contribution in [1.29, 1.82) is 0 Å². The number of nitrogens with one attached hydrogen (secondary N) is 1. The highest BCUT2D eigenvalue weighted by Crippen LogP contribution is 2.21. The number of amides is 1. The Morgan fingerprint density at radius 1 is 0.966 bits per heavy atom. The van der Waals surface area contributed by atoms with Gasteiger partial charge in [0, 0.05) is 23.6 Å². The second-order valence-electron chi connectivity index (χ2n) is 6.27. The summed E-state index contributed by atoms with van der Waals surface area (Å²) in [6.45, 7) is 0.202. The van der Waals surface area contributed by atoms with Crippen molar-refractivity contribution in [1.82, 2.24) is 15.1 Å². The Balaban J connectivity index is 1.42. The van der Waals surface area contributed by atoms with Crippen LogP contribution in [0, 0.1) is 0 Å². The van der Waals surface area contributed by atoms with Gasteiger partial charge >= 0.3 is 6.09 Å². The third-order valence-corrected chi connectivity index (χ3v) is 4.22. The van der Waals surface area contributed by atoms with E-state index in [0.29, 0.717) is 23.8 Å². The van der Waals surface area contributed by atoms with Crippen LogP contribution >= 0.6 is 0 Å². The van der Waals surface area contributed by atoms with Crippen LogP contribution in [0.25, 0.3) is 11.4 Å². The molecule has 4 aromatic rings. The number of aromatic nitrogens is 3. The summed E-state index contributed by atoms with van der Waals surface area (Å²) < 4.78 is 10.7. The van der Waals surface area contributed by atoms with E-state index in [1.165, 1.54) is 0 Å². The van der Waals surface area contributed by atoms with Gasteiger partial charge in [0.05, 0.1) is 6.42 Å². The van der Waals surface area contributed by atoms with Gasteiger partial charge in [-0.05, 0) is 29.3 Å². The number of rotatable bonds is 6. The van der Waals surface area contributed by atoms with Gasteiger partial charge in [0.15, 0.2) is 0 Å². The van der Waals surface area contributed by atoms with E-state index in [-0.39, 0.29) is 6.61 Å². The predicted molar refractivity (Wildman–Crippen MR) is 107 cm³/mol. The minimum absolute atomic E-state index is 0.202. The number of hydrogen-bond donors (Lipinski definition) is 1. The smallest absolute Gasteiger partial charge is 0.411 e. The van der Waals surface area contributed by atoms with Gasteiger partial charge < -0.3 is 9.26 Å². The molecule has 0 unspecified atom stereocenters. The van der Waals surface area contributed by atoms with E-state index in [1.807, 2.05) is 60.7 Å². The lowest BCUT2D eigenvalue weighted by molar-refractivity contribution is 0.155. The lowest BCUT2D eigenvalue weighted by Gasteiger charge is -2.10. The first-order valence-corrected chi connectivity index (χ1v) is 9.06. The van der Waals surface area contributed by atoms with Crippen molar-refractivity contribution in [2.45, 2.75) is 13.0 Å². The van der Waals surface area contributed by atoms with Gasteiger partial charge in [-0.2, -0.15) is 4.98 Å². The van der Waals surface area contributed by atoms with Crippen LogP contribution in [0.3, 0.4) is 0 Å². The predicted octanol–water partition coefficient (Wildman–Crippen LogP) is 4.47. The summed E-state index contributed by atoms with van der Waals surface area (Å²) in [5, 5.41) is 6.79. The molecule has 0 aliphatic heterocycles. The highest BCUT2D eigenvalue weighted by molar-refractivity contribution is 5.85. The van der Waals surface area contributed by atoms with Crippen molar-refractivity contribution < 1.29 is 14.1 Å². The van der Waals surface area contributed by atoms with Crippen LogP contribution in [-0.2, 0) is 17.8 Å². The SMILES string of the molecule is O=C(Nc1ccccc1Cc1nc(-c2ccncc2)no1)OCc1ccccc1. The largest absolute Gasteiger partial charge is 0.444 e. The van der Waals surface area contributed by atoms with E-state index < -0.39 is 6.09 Å². The zero-order chi connectivity index (χ0) is 19.9. The molecule has 0 aliphatic carbocycles. The summed E-state index contributed by atoms with van der Waals surface area (Å²) in [5.74, 6) is 0.943. The summed E-state index contributed by atoms with van der Waals surface area (Å²) >= 11 is 0. The lowest BCUT2D eigenvalue weighted by Crippen LogP contribution is -2.14. The molecule has 0 saturated carbocycles. The maximum absolute atomic E-state index is 12.2. The molecule has 4 rings (SSSR count). The van der Waals surface area contributed by atoms with Gasteiger partial charge in [-0.1, -0.05) is 53.7 Å². The summed E-state index contributed by atoms with van der Waals surface area (Å²) in [5.41, 5.74) is 3.22. The minimum Gasteiger partial charge on any atom is -0.444 e. The van der Waals surface area contributed by atoms with Gasteiger partial charge in [0.1, 0.15) is 6.61 Å². The molecule has 0 bridgehead atoms. The van der Waals surface area contributed by atoms with Crippen molar-refractivity contribution in [3.05, 3.63) is 96.1 Å². The zero-order valence-electron chi connectivity index (χ0n) is 15.5. The Hall–Kier alpha value is -4.00. The molecule has 1 N–H and O–H groups in total. The summed E-state index contributed by atoms with van der Waals surface area (Å²) in [6, 6.07) is 20.6. The highest BCUT2D eigenvalue weighted by atomic mass is 16.5. The molecule has 0 fully saturated rings. The van der Waals surface area contributed by atoms with Crippen molar-refractivity contribution in [3.8, 4) is 11.4 Å². The average Bonchev–Trinajstić information content (AvgIpc) is 3.24. The molecular formula is C22H18N4O3. The van der Waals surface area contributed by atoms with Crippen molar-refractivity contribution in [3.63, 3.8) is 0 Å². The third-order valence-electron chi connectivity index (χ3n) is 4.22. The van der Waals surface area contributed by atoms with Crippen LogP contribution in [-0.4, -0.2) is 21.2 Å². The Morgan fingerprint density at radius 3 is 2.55 bits per heavy atom. The molecule has 2 aromatic carbocycles. The number of hydrogen-bond acceptors (Lipinski definition) is 6. The first-order chi connectivity index (χ1) is 14.3. The first kappa shape index (κ1) is 18.4. The van der Waals surface area contributed by atoms with Crippen molar-refractivity contribution >= 4 is 11.8 Å². The minimum atomic E-state index is -0.524. The van der Waals surface area contributed by atoms with Crippen LogP contribution in [0.15, 0.2) is 83.6 Å². The summed E-state index contributed by atoms with van der Waals surface area (Å²) in [6.07, 6.45) is 3.20. The second kappa shape index (κ2) is 8.79. The number of ether oxygens (including phenoxy) is 1. The Bertz CT molecular complexity index is 1080. The molecule has 0 saturated heterocycles. The fourth-order valence-electron chi connectivity index (χ4n) is 2.77. The van der Waals surface area contributed by atoms with Crippen LogP contribution in [0.4, 0.5) is 10.5 Å². The molecule has 2 aromatic heterocycles. The molecule has 0 radical (unpaired) electrons. The van der Waals surface area contributed by atoms with Gasteiger partial charge in [-0.15, -0.1) is 0 Å². The molecule has 29 heavy (non-hydrogen) atoms. The van der Waals surface area contributed by atoms with E-state index in [1.54, 1.807) is 18.5 Å². The number of benzene rings is 2. The molecule has 0 atom stereocenters. The number of carbonyl (C=O) groups excluding carboxylic acids is 1. The number of anilines is 1. The summed E-state index contributed by atoms with van der Waals surface area (Å²) in [7, 11) is 0. The lowest BCUT2D eigenvalue weighted by atomic mass is 10.1. The zero-order valence-corrected chi connectivity index (χ0v) is 15.5. The topological polar surface area (TPSA) is 90.1 Å². The molecule has 144 valence electrons. The van der Waals surface area contributed by atoms with Crippen LogP contribution in [0.1, 0.15) is 17.0 Å². The molecule has 1 amide bonds. The van der Waals surface area contributed by atoms with E-state index in [4.69, 9.17) is 9.26 Å². The van der Waals surface area contributed by atoms with Gasteiger partial charge in [0.25, 0.3) is 0 Å². The average molecular weight is 386 g/mol. The molecule has 0 spiro atoms. The second-order valence-corrected chi connectivity index (χ2v) is 6.27. The molecular weight excluding hydrogens is 368 g/mol. The quantitative estimate of drug-likeness (QED) is 0.526. The number of carbonyl (C=O) groups is 1. The number of nitrogens with zero attached hydrogens (tertiary/aromatic N) is 3. The van der Waals surface area contributed by atoms with Crippen molar-refractivity contribution in [2.24, 2.45) is 0 Å². The normalized spacial score (nSPS) is 10.5. The monoisotopic (exact) mass is 386 g/mol. The fourth-order valence-corrected chi connectivity index (χ4v) is 2.77. The Kier molecular flexibility index (Phi) is 5.57. The molecule has 7 nitrogen and oxygen atoms in total.